The summed E-state index contributed by atoms with van der Waals surface area (Å²) >= 11 is 0. The molecule has 0 radical (unpaired) electrons. The summed E-state index contributed by atoms with van der Waals surface area (Å²) in [6.07, 6.45) is 2.58. The summed E-state index contributed by atoms with van der Waals surface area (Å²) in [6, 6.07) is 0. The van der Waals surface area contributed by atoms with Crippen LogP contribution in [-0.4, -0.2) is 59.6 Å². The molecule has 1 aliphatic heterocycles. The molecule has 1 N–H and O–H groups in total. The van der Waals surface area contributed by atoms with E-state index in [0.29, 0.717) is 13.1 Å². The lowest BCUT2D eigenvalue weighted by Gasteiger charge is -2.24. The van der Waals surface area contributed by atoms with Crippen LogP contribution in [0.4, 0.5) is 0 Å². The van der Waals surface area contributed by atoms with Gasteiger partial charge in [-0.05, 0) is 19.3 Å². The zero-order chi connectivity index (χ0) is 12.0. The minimum absolute atomic E-state index is 0.206. The molecule has 1 heterocycles. The van der Waals surface area contributed by atoms with Crippen LogP contribution in [0, 0.1) is 0 Å². The number of rotatable bonds is 6. The number of carbonyl (C=O) groups is 1. The maximum Gasteiger partial charge on any atom is 0.236 e. The van der Waals surface area contributed by atoms with E-state index in [0.717, 1.165) is 38.9 Å². The van der Waals surface area contributed by atoms with Gasteiger partial charge >= 0.3 is 0 Å². The first-order chi connectivity index (χ1) is 7.67. The fraction of sp³-hybridized carbons (Fsp3) is 0.917. The first kappa shape index (κ1) is 13.5. The predicted octanol–water partition coefficient (Wildman–Crippen LogP) is 0.702. The van der Waals surface area contributed by atoms with Crippen LogP contribution in [0.3, 0.4) is 0 Å². The Labute approximate surface area is 98.2 Å². The van der Waals surface area contributed by atoms with Crippen LogP contribution >= 0.6 is 0 Å². The average molecular weight is 228 g/mol. The van der Waals surface area contributed by atoms with Crippen LogP contribution in [0.25, 0.3) is 0 Å². The fourth-order valence-electron chi connectivity index (χ4n) is 2.15. The molecule has 1 amide bonds. The highest BCUT2D eigenvalue weighted by molar-refractivity contribution is 5.78. The summed E-state index contributed by atoms with van der Waals surface area (Å²) in [7, 11) is 0. The van der Waals surface area contributed by atoms with E-state index in [2.05, 4.69) is 13.8 Å². The molecule has 1 saturated heterocycles. The second-order valence-electron chi connectivity index (χ2n) is 4.56. The smallest absolute Gasteiger partial charge is 0.236 e. The number of amides is 1. The van der Waals surface area contributed by atoms with Crippen molar-refractivity contribution in [2.24, 2.45) is 0 Å². The Morgan fingerprint density at radius 3 is 2.44 bits per heavy atom. The summed E-state index contributed by atoms with van der Waals surface area (Å²) < 4.78 is 0. The highest BCUT2D eigenvalue weighted by atomic mass is 16.3. The second-order valence-corrected chi connectivity index (χ2v) is 4.56. The van der Waals surface area contributed by atoms with E-state index in [1.165, 1.54) is 0 Å². The van der Waals surface area contributed by atoms with Crippen molar-refractivity contribution in [3.63, 3.8) is 0 Å². The maximum atomic E-state index is 12.0. The largest absolute Gasteiger partial charge is 0.392 e. The molecular formula is C12H24N2O2. The molecule has 0 bridgehead atoms. The molecule has 4 nitrogen and oxygen atoms in total. The summed E-state index contributed by atoms with van der Waals surface area (Å²) in [5.74, 6) is 0.206. The van der Waals surface area contributed by atoms with Gasteiger partial charge in [-0.3, -0.25) is 9.69 Å². The molecule has 1 fully saturated rings. The third-order valence-electron chi connectivity index (χ3n) is 2.95. The van der Waals surface area contributed by atoms with Gasteiger partial charge in [-0.25, -0.2) is 0 Å². The Bertz CT molecular complexity index is 215. The van der Waals surface area contributed by atoms with Crippen molar-refractivity contribution < 1.29 is 9.90 Å². The van der Waals surface area contributed by atoms with E-state index in [1.54, 1.807) is 0 Å². The lowest BCUT2D eigenvalue weighted by atomic mass is 10.3. The Kier molecular flexibility index (Phi) is 5.77. The van der Waals surface area contributed by atoms with Crippen LogP contribution in [0.2, 0.25) is 0 Å². The van der Waals surface area contributed by atoms with Crippen molar-refractivity contribution in [2.75, 3.05) is 32.7 Å². The minimum atomic E-state index is -0.237. The standard InChI is InChI=1S/C12H24N2O2/c1-3-6-14(7-4-2)12(16)10-13-8-5-11(15)9-13/h11,15H,3-10H2,1-2H3/t11-/m1/s1. The van der Waals surface area contributed by atoms with Crippen molar-refractivity contribution in [1.82, 2.24) is 9.80 Å². The van der Waals surface area contributed by atoms with E-state index in [4.69, 9.17) is 0 Å². The summed E-state index contributed by atoms with van der Waals surface area (Å²) in [5.41, 5.74) is 0. The summed E-state index contributed by atoms with van der Waals surface area (Å²) in [5, 5.41) is 9.39. The number of hydrogen-bond donors (Lipinski definition) is 1. The van der Waals surface area contributed by atoms with Gasteiger partial charge in [0.2, 0.25) is 5.91 Å². The molecule has 4 heteroatoms. The monoisotopic (exact) mass is 228 g/mol. The van der Waals surface area contributed by atoms with Gasteiger partial charge < -0.3 is 10.0 Å². The Hall–Kier alpha value is -0.610. The van der Waals surface area contributed by atoms with Crippen molar-refractivity contribution in [1.29, 1.82) is 0 Å². The lowest BCUT2D eigenvalue weighted by Crippen LogP contribution is -2.40. The summed E-state index contributed by atoms with van der Waals surface area (Å²) in [4.78, 5) is 16.0. The van der Waals surface area contributed by atoms with Gasteiger partial charge in [0.15, 0.2) is 0 Å². The van der Waals surface area contributed by atoms with E-state index < -0.39 is 0 Å². The molecule has 1 atom stereocenters. The highest BCUT2D eigenvalue weighted by Gasteiger charge is 2.23. The predicted molar refractivity (Wildman–Crippen MR) is 64.2 cm³/mol. The van der Waals surface area contributed by atoms with E-state index in [-0.39, 0.29) is 12.0 Å². The molecule has 0 aliphatic carbocycles. The van der Waals surface area contributed by atoms with Gasteiger partial charge in [0, 0.05) is 26.2 Å². The number of hydrogen-bond acceptors (Lipinski definition) is 3. The second kappa shape index (κ2) is 6.86. The molecule has 94 valence electrons. The number of likely N-dealkylation sites (tertiary alicyclic amines) is 1. The summed E-state index contributed by atoms with van der Waals surface area (Å²) in [6.45, 7) is 7.85. The van der Waals surface area contributed by atoms with E-state index in [1.807, 2.05) is 9.80 Å². The maximum absolute atomic E-state index is 12.0. The third-order valence-corrected chi connectivity index (χ3v) is 2.95. The quantitative estimate of drug-likeness (QED) is 0.728. The highest BCUT2D eigenvalue weighted by Crippen LogP contribution is 2.09. The zero-order valence-corrected chi connectivity index (χ0v) is 10.5. The van der Waals surface area contributed by atoms with E-state index >= 15 is 0 Å². The van der Waals surface area contributed by atoms with Crippen LogP contribution in [0.1, 0.15) is 33.1 Å². The Balaban J connectivity index is 2.36. The molecule has 0 unspecified atom stereocenters. The SMILES string of the molecule is CCCN(CCC)C(=O)CN1CC[C@@H](O)C1. The normalized spacial score (nSPS) is 21.3. The van der Waals surface area contributed by atoms with Gasteiger partial charge in [0.05, 0.1) is 12.6 Å². The fourth-order valence-corrected chi connectivity index (χ4v) is 2.15. The number of β-amino-alcohol motifs (C(OH)–C–C–N with tert-alkyl or cyclic N) is 1. The number of carbonyl (C=O) groups excluding carboxylic acids is 1. The van der Waals surface area contributed by atoms with Crippen molar-refractivity contribution in [3.8, 4) is 0 Å². The van der Waals surface area contributed by atoms with Crippen molar-refractivity contribution in [2.45, 2.75) is 39.2 Å². The molecule has 0 spiro atoms. The molecule has 1 aliphatic rings. The van der Waals surface area contributed by atoms with Crippen LogP contribution < -0.4 is 0 Å². The van der Waals surface area contributed by atoms with Crippen molar-refractivity contribution >= 4 is 5.91 Å². The first-order valence-electron chi connectivity index (χ1n) is 6.35. The number of aliphatic hydroxyl groups excluding tert-OH is 1. The molecule has 0 aromatic rings. The minimum Gasteiger partial charge on any atom is -0.392 e. The van der Waals surface area contributed by atoms with Gasteiger partial charge in [-0.1, -0.05) is 13.8 Å². The van der Waals surface area contributed by atoms with Gasteiger partial charge in [-0.15, -0.1) is 0 Å². The molecule has 0 saturated carbocycles. The topological polar surface area (TPSA) is 43.8 Å². The Morgan fingerprint density at radius 2 is 2.00 bits per heavy atom. The molecule has 0 aromatic heterocycles. The van der Waals surface area contributed by atoms with Gasteiger partial charge in [0.25, 0.3) is 0 Å². The number of nitrogens with zero attached hydrogens (tertiary/aromatic N) is 2. The molecule has 16 heavy (non-hydrogen) atoms. The average Bonchev–Trinajstić information content (AvgIpc) is 2.63. The van der Waals surface area contributed by atoms with Gasteiger partial charge in [0.1, 0.15) is 0 Å². The third kappa shape index (κ3) is 4.10. The van der Waals surface area contributed by atoms with Crippen LogP contribution in [0.15, 0.2) is 0 Å². The number of aliphatic hydroxyl groups is 1. The Morgan fingerprint density at radius 1 is 1.38 bits per heavy atom. The first-order valence-corrected chi connectivity index (χ1v) is 6.35. The van der Waals surface area contributed by atoms with E-state index in [9.17, 15) is 9.90 Å². The molecule has 1 rings (SSSR count). The zero-order valence-electron chi connectivity index (χ0n) is 10.5. The van der Waals surface area contributed by atoms with Gasteiger partial charge in [-0.2, -0.15) is 0 Å². The lowest BCUT2D eigenvalue weighted by molar-refractivity contribution is -0.132. The van der Waals surface area contributed by atoms with Crippen molar-refractivity contribution in [3.05, 3.63) is 0 Å². The van der Waals surface area contributed by atoms with Crippen LogP contribution in [-0.2, 0) is 4.79 Å². The molecule has 0 aromatic carbocycles. The molecular weight excluding hydrogens is 204 g/mol. The van der Waals surface area contributed by atoms with Crippen LogP contribution in [0.5, 0.6) is 0 Å².